The van der Waals surface area contributed by atoms with Gasteiger partial charge in [0.1, 0.15) is 0 Å². The number of hydrogen-bond acceptors (Lipinski definition) is 4. The third-order valence-electron chi connectivity index (χ3n) is 4.64. The number of hydrogen-bond donors (Lipinski definition) is 1. The van der Waals surface area contributed by atoms with Crippen LogP contribution in [0.1, 0.15) is 24.0 Å². The van der Waals surface area contributed by atoms with Crippen molar-refractivity contribution in [2.24, 2.45) is 0 Å². The number of fused-ring (bicyclic) bond motifs is 1. The molecular weight excluding hydrogens is 288 g/mol. The van der Waals surface area contributed by atoms with Gasteiger partial charge in [-0.25, -0.2) is 8.42 Å². The van der Waals surface area contributed by atoms with Crippen LogP contribution in [0.5, 0.6) is 0 Å². The van der Waals surface area contributed by atoms with Gasteiger partial charge in [-0.2, -0.15) is 0 Å². The van der Waals surface area contributed by atoms with Gasteiger partial charge in [0.2, 0.25) is 5.91 Å². The van der Waals surface area contributed by atoms with Crippen LogP contribution in [-0.4, -0.2) is 43.3 Å². The van der Waals surface area contributed by atoms with Crippen LogP contribution in [0.25, 0.3) is 0 Å². The Hall–Kier alpha value is -1.40. The summed E-state index contributed by atoms with van der Waals surface area (Å²) in [7, 11) is -3.44. The summed E-state index contributed by atoms with van der Waals surface area (Å²) in [4.78, 5) is 14.6. The lowest BCUT2D eigenvalue weighted by Gasteiger charge is -2.37. The van der Waals surface area contributed by atoms with E-state index in [4.69, 9.17) is 0 Å². The second-order valence-electron chi connectivity index (χ2n) is 5.95. The molecule has 2 aliphatic heterocycles. The van der Waals surface area contributed by atoms with Crippen molar-refractivity contribution in [1.29, 1.82) is 0 Å². The monoisotopic (exact) mass is 308 g/mol. The Kier molecular flexibility index (Phi) is 3.53. The molecule has 2 heterocycles. The summed E-state index contributed by atoms with van der Waals surface area (Å²) in [6.07, 6.45) is 1.91. The quantitative estimate of drug-likeness (QED) is 0.873. The topological polar surface area (TPSA) is 66.5 Å². The van der Waals surface area contributed by atoms with Crippen molar-refractivity contribution in [3.05, 3.63) is 35.4 Å². The highest BCUT2D eigenvalue weighted by Gasteiger charge is 2.51. The number of sulfone groups is 1. The molecule has 0 aromatic heterocycles. The van der Waals surface area contributed by atoms with Crippen molar-refractivity contribution in [2.75, 3.05) is 19.3 Å². The fraction of sp³-hybridized carbons (Fsp3) is 0.533. The molecule has 5 nitrogen and oxygen atoms in total. The minimum Gasteiger partial charge on any atom is -0.333 e. The van der Waals surface area contributed by atoms with E-state index < -0.39 is 14.6 Å². The molecule has 21 heavy (non-hydrogen) atoms. The van der Waals surface area contributed by atoms with Crippen LogP contribution in [0.4, 0.5) is 0 Å². The van der Waals surface area contributed by atoms with Crippen LogP contribution in [-0.2, 0) is 27.7 Å². The Morgan fingerprint density at radius 2 is 1.67 bits per heavy atom. The maximum absolute atomic E-state index is 13.0. The fourth-order valence-corrected chi connectivity index (χ4v) is 4.73. The lowest BCUT2D eigenvalue weighted by Crippen LogP contribution is -2.57. The van der Waals surface area contributed by atoms with E-state index in [0.717, 1.165) is 11.1 Å². The number of carbonyl (C=O) groups is 1. The van der Waals surface area contributed by atoms with E-state index in [1.807, 2.05) is 24.3 Å². The largest absolute Gasteiger partial charge is 0.333 e. The van der Waals surface area contributed by atoms with E-state index in [9.17, 15) is 13.2 Å². The predicted molar refractivity (Wildman–Crippen MR) is 80.4 cm³/mol. The molecule has 1 aromatic carbocycles. The zero-order valence-electron chi connectivity index (χ0n) is 12.1. The van der Waals surface area contributed by atoms with Gasteiger partial charge in [-0.1, -0.05) is 24.3 Å². The molecule has 114 valence electrons. The first-order chi connectivity index (χ1) is 9.94. The van der Waals surface area contributed by atoms with Gasteiger partial charge in [-0.05, 0) is 37.1 Å². The molecule has 1 N–H and O–H groups in total. The number of carbonyl (C=O) groups excluding carboxylic acids is 1. The van der Waals surface area contributed by atoms with Crippen molar-refractivity contribution >= 4 is 15.7 Å². The molecule has 0 unspecified atom stereocenters. The minimum atomic E-state index is -3.44. The van der Waals surface area contributed by atoms with E-state index >= 15 is 0 Å². The van der Waals surface area contributed by atoms with E-state index in [2.05, 4.69) is 5.32 Å². The Bertz CT molecular complexity index is 638. The average Bonchev–Trinajstić information content (AvgIpc) is 2.90. The maximum Gasteiger partial charge on any atom is 0.244 e. The second-order valence-corrected chi connectivity index (χ2v) is 8.27. The van der Waals surface area contributed by atoms with Crippen LogP contribution in [0.15, 0.2) is 24.3 Å². The summed E-state index contributed by atoms with van der Waals surface area (Å²) in [5, 5.41) is 3.14. The van der Waals surface area contributed by atoms with Gasteiger partial charge >= 0.3 is 0 Å². The molecule has 2 aliphatic rings. The van der Waals surface area contributed by atoms with Crippen molar-refractivity contribution in [1.82, 2.24) is 10.2 Å². The highest BCUT2D eigenvalue weighted by molar-refractivity contribution is 7.92. The van der Waals surface area contributed by atoms with Gasteiger partial charge in [0, 0.05) is 19.3 Å². The number of piperidine rings is 1. The molecule has 1 aromatic rings. The van der Waals surface area contributed by atoms with Crippen molar-refractivity contribution in [2.45, 2.75) is 30.7 Å². The zero-order valence-corrected chi connectivity index (χ0v) is 12.9. The molecule has 0 radical (unpaired) electrons. The Balaban J connectivity index is 1.90. The third kappa shape index (κ3) is 2.36. The highest BCUT2D eigenvalue weighted by Crippen LogP contribution is 2.33. The molecule has 3 rings (SSSR count). The standard InChI is InChI=1S/C15H20N2O3S/c1-21(19,20)15(6-8-16-9-7-15)14(18)17-10-12-4-2-3-5-13(12)11-17/h2-5,16H,6-11H2,1H3. The van der Waals surface area contributed by atoms with Gasteiger partial charge in [0.15, 0.2) is 14.6 Å². The van der Waals surface area contributed by atoms with Crippen LogP contribution >= 0.6 is 0 Å². The molecule has 0 aliphatic carbocycles. The van der Waals surface area contributed by atoms with Crippen LogP contribution < -0.4 is 5.32 Å². The summed E-state index contributed by atoms with van der Waals surface area (Å²) in [5.41, 5.74) is 2.23. The molecule has 6 heteroatoms. The summed E-state index contributed by atoms with van der Waals surface area (Å²) < 4.78 is 23.4. The van der Waals surface area contributed by atoms with Crippen LogP contribution in [0.3, 0.4) is 0 Å². The molecule has 0 spiro atoms. The minimum absolute atomic E-state index is 0.234. The Morgan fingerprint density at radius 3 is 2.14 bits per heavy atom. The number of nitrogens with one attached hydrogen (secondary N) is 1. The third-order valence-corrected chi connectivity index (χ3v) is 6.64. The van der Waals surface area contributed by atoms with Gasteiger partial charge in [-0.3, -0.25) is 4.79 Å². The van der Waals surface area contributed by atoms with Gasteiger partial charge in [-0.15, -0.1) is 0 Å². The number of nitrogens with zero attached hydrogens (tertiary/aromatic N) is 1. The first-order valence-corrected chi connectivity index (χ1v) is 9.10. The lowest BCUT2D eigenvalue weighted by molar-refractivity contribution is -0.135. The smallest absolute Gasteiger partial charge is 0.244 e. The van der Waals surface area contributed by atoms with Gasteiger partial charge in [0.25, 0.3) is 0 Å². The molecule has 1 fully saturated rings. The van der Waals surface area contributed by atoms with E-state index in [1.54, 1.807) is 4.90 Å². The SMILES string of the molecule is CS(=O)(=O)C1(C(=O)N2Cc3ccccc3C2)CCNCC1. The zero-order chi connectivity index (χ0) is 15.1. The van der Waals surface area contributed by atoms with Crippen LogP contribution in [0.2, 0.25) is 0 Å². The number of benzene rings is 1. The molecule has 1 amide bonds. The van der Waals surface area contributed by atoms with E-state index in [0.29, 0.717) is 39.0 Å². The number of rotatable bonds is 2. The van der Waals surface area contributed by atoms with Crippen molar-refractivity contribution in [3.8, 4) is 0 Å². The average molecular weight is 308 g/mol. The normalized spacial score (nSPS) is 21.1. The molecule has 0 atom stereocenters. The summed E-state index contributed by atoms with van der Waals surface area (Å²) >= 11 is 0. The predicted octanol–water partition coefficient (Wildman–Crippen LogP) is 0.696. The van der Waals surface area contributed by atoms with Crippen molar-refractivity contribution in [3.63, 3.8) is 0 Å². The van der Waals surface area contributed by atoms with Crippen molar-refractivity contribution < 1.29 is 13.2 Å². The first kappa shape index (κ1) is 14.5. The summed E-state index contributed by atoms with van der Waals surface area (Å²) in [5.74, 6) is -0.234. The molecule has 1 saturated heterocycles. The van der Waals surface area contributed by atoms with E-state index in [-0.39, 0.29) is 5.91 Å². The first-order valence-electron chi connectivity index (χ1n) is 7.20. The Morgan fingerprint density at radius 1 is 1.14 bits per heavy atom. The number of amides is 1. The molecular formula is C15H20N2O3S. The summed E-state index contributed by atoms with van der Waals surface area (Å²) in [6.45, 7) is 2.17. The maximum atomic E-state index is 13.0. The van der Waals surface area contributed by atoms with E-state index in [1.165, 1.54) is 6.26 Å². The molecule has 0 bridgehead atoms. The molecule has 0 saturated carbocycles. The van der Waals surface area contributed by atoms with Gasteiger partial charge < -0.3 is 10.2 Å². The Labute approximate surface area is 125 Å². The van der Waals surface area contributed by atoms with Crippen LogP contribution in [0, 0.1) is 0 Å². The highest BCUT2D eigenvalue weighted by atomic mass is 32.2. The lowest BCUT2D eigenvalue weighted by atomic mass is 9.95. The fourth-order valence-electron chi connectivity index (χ4n) is 3.34. The van der Waals surface area contributed by atoms with Gasteiger partial charge in [0.05, 0.1) is 0 Å². The second kappa shape index (κ2) is 5.10. The summed E-state index contributed by atoms with van der Waals surface area (Å²) in [6, 6.07) is 7.89.